The smallest absolute Gasteiger partial charge is 0.316 e. The predicted octanol–water partition coefficient (Wildman–Crippen LogP) is 3.10. The molecule has 0 unspecified atom stereocenters. The molecule has 0 bridgehead atoms. The Bertz CT molecular complexity index is 203. The summed E-state index contributed by atoms with van der Waals surface area (Å²) in [4.78, 5) is 11.2. The van der Waals surface area contributed by atoms with Crippen LogP contribution in [0, 0.1) is 5.92 Å². The van der Waals surface area contributed by atoms with E-state index in [1.165, 1.54) is 19.3 Å². The van der Waals surface area contributed by atoms with Gasteiger partial charge in [-0.15, -0.1) is 6.58 Å². The maximum atomic E-state index is 11.2. The van der Waals surface area contributed by atoms with Gasteiger partial charge in [-0.05, 0) is 31.6 Å². The Balaban J connectivity index is 2.44. The molecule has 1 fully saturated rings. The van der Waals surface area contributed by atoms with Crippen molar-refractivity contribution in [2.24, 2.45) is 5.92 Å². The van der Waals surface area contributed by atoms with E-state index in [1.54, 1.807) is 0 Å². The summed E-state index contributed by atoms with van der Waals surface area (Å²) in [6, 6.07) is 0. The van der Waals surface area contributed by atoms with Gasteiger partial charge in [-0.1, -0.05) is 35.1 Å². The minimum absolute atomic E-state index is 0.0773. The zero-order valence-electron chi connectivity index (χ0n) is 8.38. The lowest BCUT2D eigenvalue weighted by atomic mass is 9.84. The van der Waals surface area contributed by atoms with Gasteiger partial charge in [-0.2, -0.15) is 0 Å². The Morgan fingerprint density at radius 3 is 2.86 bits per heavy atom. The molecule has 1 aliphatic carbocycles. The molecule has 0 aromatic rings. The van der Waals surface area contributed by atoms with E-state index in [-0.39, 0.29) is 12.1 Å². The molecule has 1 saturated carbocycles. The molecule has 1 rings (SSSR count). The van der Waals surface area contributed by atoms with Crippen LogP contribution in [-0.2, 0) is 9.53 Å². The summed E-state index contributed by atoms with van der Waals surface area (Å²) in [5, 5.41) is 0. The molecule has 0 N–H and O–H groups in total. The number of ether oxygens (including phenoxy) is 1. The van der Waals surface area contributed by atoms with Crippen LogP contribution in [-0.4, -0.2) is 16.5 Å². The topological polar surface area (TPSA) is 26.3 Å². The van der Waals surface area contributed by atoms with Crippen molar-refractivity contribution in [3.63, 3.8) is 0 Å². The van der Waals surface area contributed by atoms with Gasteiger partial charge >= 0.3 is 5.97 Å². The standard InChI is InChI=1S/C11H17IO2/c1-2-5-9-6-3-4-7-10(9)14-11(13)8-12/h2,9-10H,1,3-8H2/t9-,10-/m0/s1. The molecule has 0 amide bonds. The molecular formula is C11H17IO2. The van der Waals surface area contributed by atoms with Gasteiger partial charge in [0, 0.05) is 0 Å². The molecule has 0 aromatic heterocycles. The Hall–Kier alpha value is -0.0600. The first-order valence-corrected chi connectivity index (χ1v) is 6.66. The first-order chi connectivity index (χ1) is 6.77. The second kappa shape index (κ2) is 6.43. The van der Waals surface area contributed by atoms with Gasteiger partial charge in [0.2, 0.25) is 0 Å². The molecular weight excluding hydrogens is 291 g/mol. The maximum Gasteiger partial charge on any atom is 0.316 e. The number of allylic oxidation sites excluding steroid dienone is 1. The van der Waals surface area contributed by atoms with Crippen molar-refractivity contribution in [3.05, 3.63) is 12.7 Å². The fraction of sp³-hybridized carbons (Fsp3) is 0.727. The normalized spacial score (nSPS) is 26.9. The van der Waals surface area contributed by atoms with Crippen molar-refractivity contribution in [2.45, 2.75) is 38.2 Å². The molecule has 0 radical (unpaired) electrons. The summed E-state index contributed by atoms with van der Waals surface area (Å²) in [7, 11) is 0. The van der Waals surface area contributed by atoms with Gasteiger partial charge in [0.25, 0.3) is 0 Å². The summed E-state index contributed by atoms with van der Waals surface area (Å²) in [5.41, 5.74) is 0. The van der Waals surface area contributed by atoms with Crippen LogP contribution in [0.5, 0.6) is 0 Å². The van der Waals surface area contributed by atoms with Crippen molar-refractivity contribution in [2.75, 3.05) is 4.43 Å². The first-order valence-electron chi connectivity index (χ1n) is 5.14. The van der Waals surface area contributed by atoms with E-state index in [9.17, 15) is 4.79 Å². The SMILES string of the molecule is C=CC[C@H]1CCCC[C@@H]1OC(=O)CI. The largest absolute Gasteiger partial charge is 0.461 e. The van der Waals surface area contributed by atoms with E-state index in [0.29, 0.717) is 10.3 Å². The second-order valence-electron chi connectivity index (χ2n) is 3.73. The third kappa shape index (κ3) is 3.59. The Morgan fingerprint density at radius 2 is 2.21 bits per heavy atom. The number of alkyl halides is 1. The van der Waals surface area contributed by atoms with Gasteiger partial charge in [-0.3, -0.25) is 4.79 Å². The Labute approximate surface area is 99.2 Å². The van der Waals surface area contributed by atoms with Crippen LogP contribution in [0.4, 0.5) is 0 Å². The molecule has 14 heavy (non-hydrogen) atoms. The number of carbonyl (C=O) groups excluding carboxylic acids is 1. The highest BCUT2D eigenvalue weighted by Gasteiger charge is 2.26. The van der Waals surface area contributed by atoms with Crippen molar-refractivity contribution < 1.29 is 9.53 Å². The van der Waals surface area contributed by atoms with Gasteiger partial charge in [0.05, 0.1) is 4.43 Å². The Kier molecular flexibility index (Phi) is 5.52. The fourth-order valence-electron chi connectivity index (χ4n) is 2.01. The van der Waals surface area contributed by atoms with E-state index in [4.69, 9.17) is 4.74 Å². The first kappa shape index (κ1) is 12.0. The maximum absolute atomic E-state index is 11.2. The fourth-order valence-corrected chi connectivity index (χ4v) is 2.19. The van der Waals surface area contributed by atoms with E-state index in [1.807, 2.05) is 28.7 Å². The van der Waals surface area contributed by atoms with Crippen LogP contribution in [0.15, 0.2) is 12.7 Å². The molecule has 2 nitrogen and oxygen atoms in total. The average molecular weight is 308 g/mol. The summed E-state index contributed by atoms with van der Waals surface area (Å²) in [6.07, 6.45) is 7.69. The minimum atomic E-state index is -0.0773. The van der Waals surface area contributed by atoms with Crippen molar-refractivity contribution in [3.8, 4) is 0 Å². The van der Waals surface area contributed by atoms with Crippen molar-refractivity contribution in [1.82, 2.24) is 0 Å². The van der Waals surface area contributed by atoms with E-state index in [0.717, 1.165) is 12.8 Å². The van der Waals surface area contributed by atoms with Crippen LogP contribution < -0.4 is 0 Å². The summed E-state index contributed by atoms with van der Waals surface area (Å²) < 4.78 is 5.86. The molecule has 0 spiro atoms. The molecule has 1 aliphatic rings. The van der Waals surface area contributed by atoms with Gasteiger partial charge in [-0.25, -0.2) is 0 Å². The number of hydrogen-bond acceptors (Lipinski definition) is 2. The van der Waals surface area contributed by atoms with E-state index >= 15 is 0 Å². The summed E-state index contributed by atoms with van der Waals surface area (Å²) >= 11 is 2.04. The number of esters is 1. The van der Waals surface area contributed by atoms with Crippen molar-refractivity contribution >= 4 is 28.6 Å². The van der Waals surface area contributed by atoms with Crippen LogP contribution >= 0.6 is 22.6 Å². The monoisotopic (exact) mass is 308 g/mol. The third-order valence-electron chi connectivity index (χ3n) is 2.70. The van der Waals surface area contributed by atoms with E-state index in [2.05, 4.69) is 6.58 Å². The van der Waals surface area contributed by atoms with Crippen LogP contribution in [0.25, 0.3) is 0 Å². The number of rotatable bonds is 4. The van der Waals surface area contributed by atoms with Crippen LogP contribution in [0.1, 0.15) is 32.1 Å². The highest BCUT2D eigenvalue weighted by Crippen LogP contribution is 2.29. The molecule has 0 aromatic carbocycles. The van der Waals surface area contributed by atoms with Crippen LogP contribution in [0.3, 0.4) is 0 Å². The summed E-state index contributed by atoms with van der Waals surface area (Å²) in [5.74, 6) is 0.430. The highest BCUT2D eigenvalue weighted by molar-refractivity contribution is 14.1. The van der Waals surface area contributed by atoms with Gasteiger partial charge < -0.3 is 4.74 Å². The molecule has 0 aliphatic heterocycles. The van der Waals surface area contributed by atoms with Gasteiger partial charge in [0.15, 0.2) is 0 Å². The average Bonchev–Trinajstić information content (AvgIpc) is 2.21. The quantitative estimate of drug-likeness (QED) is 0.345. The molecule has 2 atom stereocenters. The van der Waals surface area contributed by atoms with Crippen molar-refractivity contribution in [1.29, 1.82) is 0 Å². The van der Waals surface area contributed by atoms with E-state index < -0.39 is 0 Å². The lowest BCUT2D eigenvalue weighted by Gasteiger charge is -2.30. The predicted molar refractivity (Wildman–Crippen MR) is 65.5 cm³/mol. The van der Waals surface area contributed by atoms with Gasteiger partial charge in [0.1, 0.15) is 6.10 Å². The van der Waals surface area contributed by atoms with Crippen LogP contribution in [0.2, 0.25) is 0 Å². The minimum Gasteiger partial charge on any atom is -0.461 e. The molecule has 3 heteroatoms. The number of carbonyl (C=O) groups is 1. The Morgan fingerprint density at radius 1 is 1.50 bits per heavy atom. The molecule has 0 heterocycles. The molecule has 80 valence electrons. The lowest BCUT2D eigenvalue weighted by molar-refractivity contribution is -0.149. The number of hydrogen-bond donors (Lipinski definition) is 0. The second-order valence-corrected chi connectivity index (χ2v) is 4.49. The third-order valence-corrected chi connectivity index (χ3v) is 3.32. The molecule has 0 saturated heterocycles. The number of halogens is 1. The zero-order chi connectivity index (χ0) is 10.4. The zero-order valence-corrected chi connectivity index (χ0v) is 10.5. The lowest BCUT2D eigenvalue weighted by Crippen LogP contribution is -2.30. The highest BCUT2D eigenvalue weighted by atomic mass is 127. The summed E-state index contributed by atoms with van der Waals surface area (Å²) in [6.45, 7) is 3.75.